The van der Waals surface area contributed by atoms with Gasteiger partial charge in [0.15, 0.2) is 0 Å². The van der Waals surface area contributed by atoms with Gasteiger partial charge < -0.3 is 15.0 Å². The van der Waals surface area contributed by atoms with Crippen LogP contribution >= 0.6 is 0 Å². The van der Waals surface area contributed by atoms with Gasteiger partial charge in [0.1, 0.15) is 11.5 Å². The molecule has 1 N–H and O–H groups in total. The average Bonchev–Trinajstić information content (AvgIpc) is 2.81. The SMILES string of the molecule is O=C(Nc1ccc(Oc2ccccc2)cc1)C1CCN(C(=O)c2ccccc2)CC1. The number of para-hydroxylation sites is 1. The van der Waals surface area contributed by atoms with Crippen LogP contribution in [0.3, 0.4) is 0 Å². The zero-order valence-electron chi connectivity index (χ0n) is 16.7. The summed E-state index contributed by atoms with van der Waals surface area (Å²) in [6.45, 7) is 1.19. The van der Waals surface area contributed by atoms with E-state index in [4.69, 9.17) is 4.74 Å². The molecule has 1 heterocycles. The van der Waals surface area contributed by atoms with E-state index in [-0.39, 0.29) is 17.7 Å². The van der Waals surface area contributed by atoms with Crippen LogP contribution in [0.25, 0.3) is 0 Å². The summed E-state index contributed by atoms with van der Waals surface area (Å²) in [4.78, 5) is 27.0. The predicted molar refractivity (Wildman–Crippen MR) is 117 cm³/mol. The van der Waals surface area contributed by atoms with Crippen LogP contribution in [-0.4, -0.2) is 29.8 Å². The molecule has 1 aliphatic heterocycles. The van der Waals surface area contributed by atoms with Crippen molar-refractivity contribution in [1.82, 2.24) is 4.90 Å². The van der Waals surface area contributed by atoms with Gasteiger partial charge in [-0.05, 0) is 61.4 Å². The summed E-state index contributed by atoms with van der Waals surface area (Å²) in [7, 11) is 0. The first-order valence-corrected chi connectivity index (χ1v) is 10.2. The van der Waals surface area contributed by atoms with E-state index >= 15 is 0 Å². The van der Waals surface area contributed by atoms with Crippen LogP contribution in [0, 0.1) is 5.92 Å². The number of piperidine rings is 1. The maximum absolute atomic E-state index is 12.6. The maximum Gasteiger partial charge on any atom is 0.253 e. The van der Waals surface area contributed by atoms with Gasteiger partial charge in [-0.1, -0.05) is 36.4 Å². The number of carbonyl (C=O) groups excluding carboxylic acids is 2. The fraction of sp³-hybridized carbons (Fsp3) is 0.200. The average molecular weight is 400 g/mol. The molecule has 152 valence electrons. The minimum Gasteiger partial charge on any atom is -0.457 e. The summed E-state index contributed by atoms with van der Waals surface area (Å²) in [6, 6.07) is 26.2. The summed E-state index contributed by atoms with van der Waals surface area (Å²) in [5.41, 5.74) is 1.43. The molecule has 0 bridgehead atoms. The van der Waals surface area contributed by atoms with Crippen molar-refractivity contribution in [3.05, 3.63) is 90.5 Å². The second kappa shape index (κ2) is 9.27. The number of benzene rings is 3. The molecule has 0 spiro atoms. The van der Waals surface area contributed by atoms with Gasteiger partial charge in [-0.25, -0.2) is 0 Å². The second-order valence-electron chi connectivity index (χ2n) is 7.36. The summed E-state index contributed by atoms with van der Waals surface area (Å²) in [5.74, 6) is 1.42. The molecular weight excluding hydrogens is 376 g/mol. The molecule has 0 atom stereocenters. The number of ether oxygens (including phenoxy) is 1. The monoisotopic (exact) mass is 400 g/mol. The number of hydrogen-bond donors (Lipinski definition) is 1. The summed E-state index contributed by atoms with van der Waals surface area (Å²) in [5, 5.41) is 2.98. The number of likely N-dealkylation sites (tertiary alicyclic amines) is 1. The highest BCUT2D eigenvalue weighted by Gasteiger charge is 2.27. The first-order valence-electron chi connectivity index (χ1n) is 10.2. The minimum absolute atomic E-state index is 0.00135. The van der Waals surface area contributed by atoms with E-state index in [9.17, 15) is 9.59 Å². The van der Waals surface area contributed by atoms with Gasteiger partial charge in [0, 0.05) is 30.3 Å². The molecule has 0 unspecified atom stereocenters. The molecule has 1 fully saturated rings. The van der Waals surface area contributed by atoms with Gasteiger partial charge in [0.2, 0.25) is 5.91 Å². The summed E-state index contributed by atoms with van der Waals surface area (Å²) in [6.07, 6.45) is 1.33. The Hall–Kier alpha value is -3.60. The van der Waals surface area contributed by atoms with Crippen LogP contribution in [-0.2, 0) is 4.79 Å². The lowest BCUT2D eigenvalue weighted by Crippen LogP contribution is -2.41. The first-order chi connectivity index (χ1) is 14.7. The largest absolute Gasteiger partial charge is 0.457 e. The van der Waals surface area contributed by atoms with Crippen LogP contribution < -0.4 is 10.1 Å². The van der Waals surface area contributed by atoms with E-state index in [0.29, 0.717) is 37.2 Å². The molecule has 2 amide bonds. The van der Waals surface area contributed by atoms with Crippen LogP contribution in [0.4, 0.5) is 5.69 Å². The number of nitrogens with one attached hydrogen (secondary N) is 1. The number of anilines is 1. The van der Waals surface area contributed by atoms with Gasteiger partial charge in [-0.15, -0.1) is 0 Å². The molecule has 3 aromatic carbocycles. The molecule has 30 heavy (non-hydrogen) atoms. The smallest absolute Gasteiger partial charge is 0.253 e. The number of hydrogen-bond acceptors (Lipinski definition) is 3. The zero-order chi connectivity index (χ0) is 20.8. The van der Waals surface area contributed by atoms with Crippen LogP contribution in [0.1, 0.15) is 23.2 Å². The molecular formula is C25H24N2O3. The summed E-state index contributed by atoms with van der Waals surface area (Å²) < 4.78 is 5.78. The van der Waals surface area contributed by atoms with Gasteiger partial charge in [-0.2, -0.15) is 0 Å². The Labute approximate surface area is 176 Å². The number of nitrogens with zero attached hydrogens (tertiary/aromatic N) is 1. The Bertz CT molecular complexity index is 980. The molecule has 0 radical (unpaired) electrons. The van der Waals surface area contributed by atoms with Gasteiger partial charge >= 0.3 is 0 Å². The Morgan fingerprint density at radius 2 is 1.33 bits per heavy atom. The minimum atomic E-state index is -0.0925. The van der Waals surface area contributed by atoms with Crippen LogP contribution in [0.15, 0.2) is 84.9 Å². The number of carbonyl (C=O) groups is 2. The van der Waals surface area contributed by atoms with Crippen molar-refractivity contribution >= 4 is 17.5 Å². The molecule has 0 saturated carbocycles. The molecule has 0 aromatic heterocycles. The first kappa shape index (κ1) is 19.7. The van der Waals surface area contributed by atoms with Crippen molar-refractivity contribution < 1.29 is 14.3 Å². The van der Waals surface area contributed by atoms with Gasteiger partial charge in [0.05, 0.1) is 0 Å². The fourth-order valence-corrected chi connectivity index (χ4v) is 3.58. The van der Waals surface area contributed by atoms with E-state index in [1.54, 1.807) is 0 Å². The lowest BCUT2D eigenvalue weighted by Gasteiger charge is -2.31. The van der Waals surface area contributed by atoms with Gasteiger partial charge in [-0.3, -0.25) is 9.59 Å². The van der Waals surface area contributed by atoms with E-state index in [1.165, 1.54) is 0 Å². The number of rotatable bonds is 5. The third kappa shape index (κ3) is 4.87. The molecule has 1 saturated heterocycles. The molecule has 1 aliphatic rings. The molecule has 4 rings (SSSR count). The van der Waals surface area contributed by atoms with E-state index in [0.717, 1.165) is 11.4 Å². The van der Waals surface area contributed by atoms with E-state index < -0.39 is 0 Å². The zero-order valence-corrected chi connectivity index (χ0v) is 16.7. The third-order valence-corrected chi connectivity index (χ3v) is 5.27. The lowest BCUT2D eigenvalue weighted by atomic mass is 9.95. The summed E-state index contributed by atoms with van der Waals surface area (Å²) >= 11 is 0. The Morgan fingerprint density at radius 3 is 1.97 bits per heavy atom. The molecule has 5 nitrogen and oxygen atoms in total. The quantitative estimate of drug-likeness (QED) is 0.658. The van der Waals surface area contributed by atoms with E-state index in [2.05, 4.69) is 5.32 Å². The van der Waals surface area contributed by atoms with Crippen LogP contribution in [0.2, 0.25) is 0 Å². The van der Waals surface area contributed by atoms with E-state index in [1.807, 2.05) is 89.8 Å². The van der Waals surface area contributed by atoms with Crippen molar-refractivity contribution in [2.75, 3.05) is 18.4 Å². The molecule has 3 aromatic rings. The molecule has 0 aliphatic carbocycles. The topological polar surface area (TPSA) is 58.6 Å². The van der Waals surface area contributed by atoms with Crippen molar-refractivity contribution in [2.45, 2.75) is 12.8 Å². The maximum atomic E-state index is 12.6. The van der Waals surface area contributed by atoms with Crippen LogP contribution in [0.5, 0.6) is 11.5 Å². The highest BCUT2D eigenvalue weighted by Crippen LogP contribution is 2.24. The Balaban J connectivity index is 1.28. The number of amides is 2. The Morgan fingerprint density at radius 1 is 0.767 bits per heavy atom. The van der Waals surface area contributed by atoms with Crippen molar-refractivity contribution in [2.24, 2.45) is 5.92 Å². The van der Waals surface area contributed by atoms with Crippen molar-refractivity contribution in [3.8, 4) is 11.5 Å². The lowest BCUT2D eigenvalue weighted by molar-refractivity contribution is -0.121. The predicted octanol–water partition coefficient (Wildman–Crippen LogP) is 4.97. The van der Waals surface area contributed by atoms with Gasteiger partial charge in [0.25, 0.3) is 5.91 Å². The third-order valence-electron chi connectivity index (χ3n) is 5.27. The standard InChI is InChI=1S/C25H24N2O3/c28-24(19-15-17-27(18-16-19)25(29)20-7-3-1-4-8-20)26-21-11-13-23(14-12-21)30-22-9-5-2-6-10-22/h1-14,19H,15-18H2,(H,26,28). The second-order valence-corrected chi connectivity index (χ2v) is 7.36. The fourth-order valence-electron chi connectivity index (χ4n) is 3.58. The highest BCUT2D eigenvalue weighted by atomic mass is 16.5. The van der Waals surface area contributed by atoms with Crippen molar-refractivity contribution in [1.29, 1.82) is 0 Å². The molecule has 5 heteroatoms. The Kier molecular flexibility index (Phi) is 6.09. The normalized spacial score (nSPS) is 14.2. The van der Waals surface area contributed by atoms with Crippen molar-refractivity contribution in [3.63, 3.8) is 0 Å². The highest BCUT2D eigenvalue weighted by molar-refractivity contribution is 5.95.